The van der Waals surface area contributed by atoms with Crippen LogP contribution in [0.1, 0.15) is 56.1 Å². The van der Waals surface area contributed by atoms with Crippen molar-refractivity contribution in [1.29, 1.82) is 0 Å². The molecule has 0 bridgehead atoms. The molecule has 1 unspecified atom stereocenters. The predicted molar refractivity (Wildman–Crippen MR) is 81.2 cm³/mol. The molecular weight excluding hydrogens is 266 g/mol. The largest absolute Gasteiger partial charge is 0.480 e. The average molecular weight is 289 g/mol. The predicted octanol–water partition coefficient (Wildman–Crippen LogP) is 3.00. The summed E-state index contributed by atoms with van der Waals surface area (Å²) in [6.45, 7) is 4.08. The number of hydrogen-bond acceptors (Lipinski definition) is 2. The zero-order chi connectivity index (χ0) is 15.5. The van der Waals surface area contributed by atoms with Crippen molar-refractivity contribution in [2.75, 3.05) is 0 Å². The third kappa shape index (κ3) is 3.43. The average Bonchev–Trinajstić information content (AvgIpc) is 2.41. The summed E-state index contributed by atoms with van der Waals surface area (Å²) < 4.78 is 0. The van der Waals surface area contributed by atoms with Crippen LogP contribution in [0.2, 0.25) is 0 Å². The molecule has 4 heteroatoms. The first-order chi connectivity index (χ1) is 9.97. The number of nitrogens with one attached hydrogen (secondary N) is 1. The Labute approximate surface area is 125 Å². The summed E-state index contributed by atoms with van der Waals surface area (Å²) in [6, 6.07) is 8.18. The Balaban J connectivity index is 2.00. The number of carbonyl (C=O) groups is 2. The molecule has 1 amide bonds. The molecule has 1 aliphatic carbocycles. The zero-order valence-corrected chi connectivity index (χ0v) is 12.7. The van der Waals surface area contributed by atoms with E-state index in [-0.39, 0.29) is 11.8 Å². The zero-order valence-electron chi connectivity index (χ0n) is 12.7. The molecule has 2 rings (SSSR count). The van der Waals surface area contributed by atoms with Crippen molar-refractivity contribution in [2.45, 2.75) is 57.4 Å². The van der Waals surface area contributed by atoms with Gasteiger partial charge in [0.15, 0.2) is 0 Å². The van der Waals surface area contributed by atoms with E-state index >= 15 is 0 Å². The number of aliphatic carboxylic acids is 1. The van der Waals surface area contributed by atoms with Gasteiger partial charge in [-0.15, -0.1) is 0 Å². The van der Waals surface area contributed by atoms with Gasteiger partial charge in [-0.25, -0.2) is 4.79 Å². The summed E-state index contributed by atoms with van der Waals surface area (Å²) in [6.07, 6.45) is 3.14. The van der Waals surface area contributed by atoms with Crippen molar-refractivity contribution in [3.63, 3.8) is 0 Å². The Morgan fingerprint density at radius 2 is 1.90 bits per heavy atom. The molecule has 0 heterocycles. The maximum absolute atomic E-state index is 12.2. The lowest BCUT2D eigenvalue weighted by Crippen LogP contribution is -2.59. The molecule has 1 aliphatic rings. The van der Waals surface area contributed by atoms with Crippen LogP contribution in [0.25, 0.3) is 0 Å². The Hall–Kier alpha value is -1.84. The molecule has 0 aromatic heterocycles. The van der Waals surface area contributed by atoms with Gasteiger partial charge in [0, 0.05) is 6.42 Å². The Morgan fingerprint density at radius 1 is 1.29 bits per heavy atom. The van der Waals surface area contributed by atoms with Crippen LogP contribution in [-0.4, -0.2) is 22.5 Å². The Kier molecular flexibility index (Phi) is 4.66. The third-order valence-corrected chi connectivity index (χ3v) is 4.47. The van der Waals surface area contributed by atoms with Crippen LogP contribution in [0.15, 0.2) is 24.3 Å². The normalized spacial score (nSPS) is 17.6. The minimum Gasteiger partial charge on any atom is -0.480 e. The molecule has 4 nitrogen and oxygen atoms in total. The molecule has 21 heavy (non-hydrogen) atoms. The summed E-state index contributed by atoms with van der Waals surface area (Å²) >= 11 is 0. The van der Waals surface area contributed by atoms with E-state index in [1.54, 1.807) is 0 Å². The fourth-order valence-electron chi connectivity index (χ4n) is 2.80. The number of carbonyl (C=O) groups excluding carboxylic acids is 1. The van der Waals surface area contributed by atoms with Gasteiger partial charge in [0.2, 0.25) is 5.91 Å². The summed E-state index contributed by atoms with van der Waals surface area (Å²) in [5, 5.41) is 12.0. The molecule has 1 aromatic rings. The topological polar surface area (TPSA) is 66.4 Å². The summed E-state index contributed by atoms with van der Waals surface area (Å²) in [5.41, 5.74) is 1.32. The maximum atomic E-state index is 12.2. The Bertz CT molecular complexity index is 517. The summed E-state index contributed by atoms with van der Waals surface area (Å²) in [7, 11) is 0. The molecule has 114 valence electrons. The van der Waals surface area contributed by atoms with Crippen LogP contribution in [0.3, 0.4) is 0 Å². The molecule has 0 spiro atoms. The lowest BCUT2D eigenvalue weighted by atomic mass is 9.76. The number of carboxylic acid groups (broad SMARTS) is 1. The monoisotopic (exact) mass is 289 g/mol. The lowest BCUT2D eigenvalue weighted by Gasteiger charge is -2.38. The van der Waals surface area contributed by atoms with Gasteiger partial charge in [-0.2, -0.15) is 0 Å². The first kappa shape index (κ1) is 15.5. The standard InChI is InChI=1S/C17H23NO3/c1-3-13(14-7-5-12(2)6-8-14)11-15(19)18-17(16(20)21)9-4-10-17/h5-8,13H,3-4,9-11H2,1-2H3,(H,18,19)(H,20,21). The number of rotatable bonds is 6. The number of hydrogen-bond donors (Lipinski definition) is 2. The number of amides is 1. The van der Waals surface area contributed by atoms with Crippen molar-refractivity contribution in [2.24, 2.45) is 0 Å². The first-order valence-corrected chi connectivity index (χ1v) is 7.58. The second-order valence-corrected chi connectivity index (χ2v) is 6.01. The quantitative estimate of drug-likeness (QED) is 0.846. The lowest BCUT2D eigenvalue weighted by molar-refractivity contribution is -0.151. The van der Waals surface area contributed by atoms with Crippen molar-refractivity contribution < 1.29 is 14.7 Å². The second kappa shape index (κ2) is 6.29. The van der Waals surface area contributed by atoms with Gasteiger partial charge in [-0.05, 0) is 44.1 Å². The molecule has 2 N–H and O–H groups in total. The van der Waals surface area contributed by atoms with Crippen LogP contribution < -0.4 is 5.32 Å². The minimum atomic E-state index is -1.01. The SMILES string of the molecule is CCC(CC(=O)NC1(C(=O)O)CCC1)c1ccc(C)cc1. The fourth-order valence-corrected chi connectivity index (χ4v) is 2.80. The van der Waals surface area contributed by atoms with Crippen LogP contribution >= 0.6 is 0 Å². The summed E-state index contributed by atoms with van der Waals surface area (Å²) in [5.74, 6) is -0.938. The van der Waals surface area contributed by atoms with E-state index in [4.69, 9.17) is 0 Å². The highest BCUT2D eigenvalue weighted by molar-refractivity contribution is 5.88. The number of benzene rings is 1. The number of aryl methyl sites for hydroxylation is 1. The maximum Gasteiger partial charge on any atom is 0.329 e. The molecule has 0 saturated heterocycles. The van der Waals surface area contributed by atoms with Crippen LogP contribution in [-0.2, 0) is 9.59 Å². The van der Waals surface area contributed by atoms with Crippen molar-refractivity contribution in [3.05, 3.63) is 35.4 Å². The molecular formula is C17H23NO3. The fraction of sp³-hybridized carbons (Fsp3) is 0.529. The van der Waals surface area contributed by atoms with Crippen LogP contribution in [0, 0.1) is 6.92 Å². The van der Waals surface area contributed by atoms with E-state index in [1.807, 2.05) is 38.1 Å². The Morgan fingerprint density at radius 3 is 2.33 bits per heavy atom. The minimum absolute atomic E-state index is 0.136. The van der Waals surface area contributed by atoms with Gasteiger partial charge >= 0.3 is 5.97 Å². The third-order valence-electron chi connectivity index (χ3n) is 4.47. The van der Waals surface area contributed by atoms with Crippen molar-refractivity contribution >= 4 is 11.9 Å². The van der Waals surface area contributed by atoms with E-state index < -0.39 is 11.5 Å². The molecule has 1 saturated carbocycles. The van der Waals surface area contributed by atoms with Crippen molar-refractivity contribution in [3.8, 4) is 0 Å². The molecule has 1 fully saturated rings. The molecule has 0 aliphatic heterocycles. The highest BCUT2D eigenvalue weighted by Gasteiger charge is 2.45. The second-order valence-electron chi connectivity index (χ2n) is 6.01. The first-order valence-electron chi connectivity index (χ1n) is 7.58. The van der Waals surface area contributed by atoms with Gasteiger partial charge in [0.25, 0.3) is 0 Å². The van der Waals surface area contributed by atoms with E-state index in [1.165, 1.54) is 5.56 Å². The van der Waals surface area contributed by atoms with Gasteiger partial charge in [0.1, 0.15) is 5.54 Å². The van der Waals surface area contributed by atoms with Gasteiger partial charge in [-0.1, -0.05) is 36.8 Å². The van der Waals surface area contributed by atoms with Gasteiger partial charge < -0.3 is 10.4 Å². The van der Waals surface area contributed by atoms with E-state index in [2.05, 4.69) is 5.32 Å². The van der Waals surface area contributed by atoms with Crippen LogP contribution in [0.5, 0.6) is 0 Å². The molecule has 1 atom stereocenters. The highest BCUT2D eigenvalue weighted by Crippen LogP contribution is 2.33. The highest BCUT2D eigenvalue weighted by atomic mass is 16.4. The van der Waals surface area contributed by atoms with E-state index in [9.17, 15) is 14.7 Å². The molecule has 1 aromatic carbocycles. The number of carboxylic acids is 1. The molecule has 0 radical (unpaired) electrons. The van der Waals surface area contributed by atoms with Crippen molar-refractivity contribution in [1.82, 2.24) is 5.32 Å². The van der Waals surface area contributed by atoms with E-state index in [0.717, 1.165) is 18.4 Å². The van der Waals surface area contributed by atoms with Gasteiger partial charge in [0.05, 0.1) is 0 Å². The summed E-state index contributed by atoms with van der Waals surface area (Å²) in [4.78, 5) is 23.5. The van der Waals surface area contributed by atoms with Gasteiger partial charge in [-0.3, -0.25) is 4.79 Å². The van der Waals surface area contributed by atoms with E-state index in [0.29, 0.717) is 19.3 Å². The van der Waals surface area contributed by atoms with Crippen LogP contribution in [0.4, 0.5) is 0 Å². The smallest absolute Gasteiger partial charge is 0.329 e.